The summed E-state index contributed by atoms with van der Waals surface area (Å²) in [5.41, 5.74) is 5.39. The first-order valence-corrected chi connectivity index (χ1v) is 13.5. The molecule has 0 saturated carbocycles. The number of benzene rings is 2. The first kappa shape index (κ1) is 27.9. The van der Waals surface area contributed by atoms with Gasteiger partial charge in [0.2, 0.25) is 0 Å². The Morgan fingerprint density at radius 2 is 1.70 bits per heavy atom. The van der Waals surface area contributed by atoms with E-state index in [0.29, 0.717) is 5.56 Å². The second-order valence-corrected chi connectivity index (χ2v) is 9.36. The average Bonchev–Trinajstić information content (AvgIpc) is 3.31. The van der Waals surface area contributed by atoms with Crippen molar-refractivity contribution in [2.75, 3.05) is 7.05 Å². The summed E-state index contributed by atoms with van der Waals surface area (Å²) in [6, 6.07) is 20.1. The molecule has 4 nitrogen and oxygen atoms in total. The third-order valence-electron chi connectivity index (χ3n) is 6.65. The number of hydrogen-bond donors (Lipinski definition) is 0. The second-order valence-electron chi connectivity index (χ2n) is 9.36. The number of aromatic nitrogens is 2. The minimum absolute atomic E-state index is 0.00504. The fraction of sp³-hybridized carbons (Fsp3) is 0.333. The molecule has 4 heteroatoms. The number of carbonyl (C=O) groups excluding carboxylic acids is 1. The van der Waals surface area contributed by atoms with E-state index in [1.807, 2.05) is 102 Å². The minimum Gasteiger partial charge on any atom is -0.335 e. The lowest BCUT2D eigenvalue weighted by molar-refractivity contribution is 0.0748. The van der Waals surface area contributed by atoms with Crippen LogP contribution in [0.2, 0.25) is 0 Å². The van der Waals surface area contributed by atoms with Crippen molar-refractivity contribution in [3.63, 3.8) is 0 Å². The molecule has 0 aliphatic carbocycles. The van der Waals surface area contributed by atoms with Crippen LogP contribution in [0.5, 0.6) is 0 Å². The number of carbonyl (C=O) groups is 1. The fourth-order valence-corrected chi connectivity index (χ4v) is 4.82. The van der Waals surface area contributed by atoms with Crippen LogP contribution in [-0.4, -0.2) is 33.7 Å². The van der Waals surface area contributed by atoms with Crippen molar-refractivity contribution in [1.82, 2.24) is 14.7 Å². The largest absolute Gasteiger partial charge is 0.335 e. The van der Waals surface area contributed by atoms with E-state index in [2.05, 4.69) is 26.5 Å². The van der Waals surface area contributed by atoms with Crippen LogP contribution in [0.1, 0.15) is 68.9 Å². The zero-order chi connectivity index (χ0) is 26.6. The molecule has 1 heterocycles. The van der Waals surface area contributed by atoms with Crippen LogP contribution < -0.4 is 0 Å². The van der Waals surface area contributed by atoms with E-state index in [9.17, 15) is 4.79 Å². The van der Waals surface area contributed by atoms with Gasteiger partial charge in [-0.25, -0.2) is 4.68 Å². The number of nitrogens with zero attached hydrogens (tertiary/aromatic N) is 3. The Morgan fingerprint density at radius 1 is 1.03 bits per heavy atom. The number of allylic oxidation sites excluding steroid dienone is 3. The molecule has 0 radical (unpaired) electrons. The molecule has 0 saturated heterocycles. The van der Waals surface area contributed by atoms with Gasteiger partial charge in [0.25, 0.3) is 5.91 Å². The Bertz CT molecular complexity index is 1210. The number of likely N-dealkylation sites (N-methyl/N-ethyl adjacent to an activating group) is 1. The van der Waals surface area contributed by atoms with Crippen molar-refractivity contribution >= 4 is 5.91 Å². The average molecular weight is 496 g/mol. The molecular weight excluding hydrogens is 454 g/mol. The summed E-state index contributed by atoms with van der Waals surface area (Å²) in [4.78, 5) is 16.4. The highest BCUT2D eigenvalue weighted by Crippen LogP contribution is 2.31. The molecule has 3 aromatic rings. The molecule has 1 aromatic heterocycles. The molecule has 0 bridgehead atoms. The van der Waals surface area contributed by atoms with E-state index in [1.54, 1.807) is 0 Å². The predicted molar refractivity (Wildman–Crippen MR) is 156 cm³/mol. The fourth-order valence-electron chi connectivity index (χ4n) is 4.82. The van der Waals surface area contributed by atoms with E-state index in [0.717, 1.165) is 66.7 Å². The number of unbranched alkanes of at least 4 members (excludes halogenated alkanes) is 2. The zero-order valence-electron chi connectivity index (χ0n) is 22.9. The molecule has 0 fully saturated rings. The molecule has 1 atom stereocenters. The molecule has 0 aliphatic heterocycles. The number of hydrogen-bond acceptors (Lipinski definition) is 2. The van der Waals surface area contributed by atoms with Crippen LogP contribution in [0.4, 0.5) is 0 Å². The quantitative estimate of drug-likeness (QED) is 0.177. The molecule has 0 spiro atoms. The van der Waals surface area contributed by atoms with Crippen molar-refractivity contribution in [2.45, 2.75) is 65.3 Å². The monoisotopic (exact) mass is 495 g/mol. The van der Waals surface area contributed by atoms with Crippen molar-refractivity contribution in [3.8, 4) is 16.9 Å². The van der Waals surface area contributed by atoms with Gasteiger partial charge in [0, 0.05) is 12.6 Å². The van der Waals surface area contributed by atoms with E-state index in [4.69, 9.17) is 5.10 Å². The molecule has 3 rings (SSSR count). The van der Waals surface area contributed by atoms with Crippen molar-refractivity contribution in [3.05, 3.63) is 108 Å². The van der Waals surface area contributed by atoms with Gasteiger partial charge in [-0.3, -0.25) is 4.79 Å². The third-order valence-corrected chi connectivity index (χ3v) is 6.65. The molecule has 1 unspecified atom stereocenters. The number of para-hydroxylation sites is 1. The Hall–Kier alpha value is -3.66. The molecular formula is C33H41N3O. The molecule has 2 aromatic carbocycles. The maximum Gasteiger partial charge on any atom is 0.258 e. The lowest BCUT2D eigenvalue weighted by Crippen LogP contribution is -2.38. The molecule has 194 valence electrons. The Morgan fingerprint density at radius 3 is 2.30 bits per heavy atom. The first-order valence-electron chi connectivity index (χ1n) is 13.5. The van der Waals surface area contributed by atoms with Gasteiger partial charge in [-0.05, 0) is 37.5 Å². The van der Waals surface area contributed by atoms with Crippen LogP contribution in [-0.2, 0) is 6.42 Å². The van der Waals surface area contributed by atoms with E-state index in [1.165, 1.54) is 0 Å². The smallest absolute Gasteiger partial charge is 0.258 e. The van der Waals surface area contributed by atoms with Crippen LogP contribution >= 0.6 is 0 Å². The van der Waals surface area contributed by atoms with Gasteiger partial charge in [0.1, 0.15) is 5.69 Å². The minimum atomic E-state index is -0.0496. The van der Waals surface area contributed by atoms with Gasteiger partial charge < -0.3 is 4.90 Å². The maximum absolute atomic E-state index is 14.5. The van der Waals surface area contributed by atoms with Gasteiger partial charge in [-0.2, -0.15) is 5.10 Å². The summed E-state index contributed by atoms with van der Waals surface area (Å²) in [6.45, 7) is 10.3. The Labute approximate surface area is 223 Å². The van der Waals surface area contributed by atoms with Gasteiger partial charge in [0.15, 0.2) is 0 Å². The topological polar surface area (TPSA) is 38.1 Å². The standard InChI is InChI=1S/C33H41N3O/c1-6-10-13-25-29(26(18-7-2)19-8-3)35(5)33(37)31-30(20-9-4)36(28-23-16-12-17-24-28)34-32(31)27-21-14-11-15-22-27/h7-8,11-12,14-19,21-24,29H,2,6,9-10,13,20,25H2,1,3-5H3/b19-8-,26-18+. The third kappa shape index (κ3) is 6.76. The van der Waals surface area contributed by atoms with Gasteiger partial charge >= 0.3 is 0 Å². The van der Waals surface area contributed by atoms with Crippen molar-refractivity contribution in [2.24, 2.45) is 0 Å². The summed E-state index contributed by atoms with van der Waals surface area (Å²) in [5, 5.41) is 5.05. The first-order chi connectivity index (χ1) is 18.1. The zero-order valence-corrected chi connectivity index (χ0v) is 22.9. The van der Waals surface area contributed by atoms with Gasteiger partial charge in [0.05, 0.1) is 23.0 Å². The highest BCUT2D eigenvalue weighted by Gasteiger charge is 2.30. The SMILES string of the molecule is C=C/C=C(\C=C/C)C(CCCCC)N(C)C(=O)c1c(-c2ccccc2)nn(-c2ccccc2)c1CCC. The molecule has 37 heavy (non-hydrogen) atoms. The van der Waals surface area contributed by atoms with Gasteiger partial charge in [-0.15, -0.1) is 0 Å². The summed E-state index contributed by atoms with van der Waals surface area (Å²) in [6.07, 6.45) is 13.9. The van der Waals surface area contributed by atoms with Crippen LogP contribution in [0.3, 0.4) is 0 Å². The second kappa shape index (κ2) is 14.2. The lowest BCUT2D eigenvalue weighted by Gasteiger charge is -2.30. The predicted octanol–water partition coefficient (Wildman–Crippen LogP) is 8.20. The summed E-state index contributed by atoms with van der Waals surface area (Å²) in [7, 11) is 1.93. The molecule has 0 aliphatic rings. The number of amides is 1. The number of rotatable bonds is 13. The van der Waals surface area contributed by atoms with E-state index < -0.39 is 0 Å². The van der Waals surface area contributed by atoms with Crippen LogP contribution in [0.15, 0.2) is 97.1 Å². The van der Waals surface area contributed by atoms with Gasteiger partial charge in [-0.1, -0.05) is 119 Å². The van der Waals surface area contributed by atoms with E-state index in [-0.39, 0.29) is 11.9 Å². The summed E-state index contributed by atoms with van der Waals surface area (Å²) >= 11 is 0. The lowest BCUT2D eigenvalue weighted by atomic mass is 9.96. The summed E-state index contributed by atoms with van der Waals surface area (Å²) in [5.74, 6) is 0.00504. The van der Waals surface area contributed by atoms with Crippen molar-refractivity contribution in [1.29, 1.82) is 0 Å². The Kier molecular flexibility index (Phi) is 10.7. The van der Waals surface area contributed by atoms with Crippen molar-refractivity contribution < 1.29 is 4.79 Å². The highest BCUT2D eigenvalue weighted by molar-refractivity contribution is 6.01. The van der Waals surface area contributed by atoms with E-state index >= 15 is 0 Å². The normalized spacial score (nSPS) is 12.6. The van der Waals surface area contributed by atoms with Crippen LogP contribution in [0.25, 0.3) is 16.9 Å². The van der Waals surface area contributed by atoms with Crippen LogP contribution in [0, 0.1) is 0 Å². The molecule has 1 amide bonds. The highest BCUT2D eigenvalue weighted by atomic mass is 16.2. The Balaban J connectivity index is 2.19. The molecule has 0 N–H and O–H groups in total. The maximum atomic E-state index is 14.5. The summed E-state index contributed by atoms with van der Waals surface area (Å²) < 4.78 is 1.96.